The summed E-state index contributed by atoms with van der Waals surface area (Å²) in [5.74, 6) is 1.21. The van der Waals surface area contributed by atoms with Gasteiger partial charge in [0.05, 0.1) is 33.5 Å². The van der Waals surface area contributed by atoms with Gasteiger partial charge in [-0.25, -0.2) is 0 Å². The fraction of sp³-hybridized carbons (Fsp3) is 0.500. The number of rotatable bonds is 6. The quantitative estimate of drug-likeness (QED) is 0.772. The Hall–Kier alpha value is -1.30. The highest BCUT2D eigenvalue weighted by molar-refractivity contribution is 5.51. The molecule has 0 aliphatic heterocycles. The van der Waals surface area contributed by atoms with Gasteiger partial charge in [-0.1, -0.05) is 6.07 Å². The zero-order valence-corrected chi connectivity index (χ0v) is 10.4. The number of ether oxygens (including phenoxy) is 3. The van der Waals surface area contributed by atoms with E-state index >= 15 is 0 Å². The van der Waals surface area contributed by atoms with E-state index in [2.05, 4.69) is 0 Å². The van der Waals surface area contributed by atoms with E-state index in [0.717, 1.165) is 11.1 Å². The van der Waals surface area contributed by atoms with Crippen LogP contribution in [0.25, 0.3) is 0 Å². The van der Waals surface area contributed by atoms with Crippen molar-refractivity contribution in [3.8, 4) is 11.5 Å². The molecule has 0 aliphatic carbocycles. The van der Waals surface area contributed by atoms with Crippen LogP contribution in [0.4, 0.5) is 0 Å². The van der Waals surface area contributed by atoms with E-state index in [9.17, 15) is 0 Å². The van der Waals surface area contributed by atoms with Crippen molar-refractivity contribution >= 4 is 0 Å². The topological polar surface area (TPSA) is 73.9 Å². The normalized spacial score (nSPS) is 12.3. The highest BCUT2D eigenvalue weighted by Gasteiger charge is 2.18. The Labute approximate surface area is 101 Å². The third-order valence-corrected chi connectivity index (χ3v) is 2.57. The first-order valence-electron chi connectivity index (χ1n) is 5.28. The SMILES string of the molecule is COCc1c(C(N)CO)ccc(OC)c1OC. The van der Waals surface area contributed by atoms with Crippen molar-refractivity contribution in [2.75, 3.05) is 27.9 Å². The zero-order chi connectivity index (χ0) is 12.8. The molecule has 0 fully saturated rings. The summed E-state index contributed by atoms with van der Waals surface area (Å²) in [4.78, 5) is 0. The standard InChI is InChI=1S/C12H19NO4/c1-15-7-9-8(10(13)6-14)4-5-11(16-2)12(9)17-3/h4-5,10,14H,6-7,13H2,1-3H3. The number of hydrogen-bond donors (Lipinski definition) is 2. The van der Waals surface area contributed by atoms with E-state index in [4.69, 9.17) is 25.1 Å². The predicted molar refractivity (Wildman–Crippen MR) is 64.3 cm³/mol. The van der Waals surface area contributed by atoms with Crippen LogP contribution in [-0.4, -0.2) is 33.0 Å². The molecule has 1 atom stereocenters. The van der Waals surface area contributed by atoms with Gasteiger partial charge in [-0.3, -0.25) is 0 Å². The van der Waals surface area contributed by atoms with Gasteiger partial charge in [-0.15, -0.1) is 0 Å². The average Bonchev–Trinajstić information content (AvgIpc) is 2.37. The molecule has 0 aromatic heterocycles. The largest absolute Gasteiger partial charge is 0.493 e. The monoisotopic (exact) mass is 241 g/mol. The van der Waals surface area contributed by atoms with Crippen molar-refractivity contribution in [3.63, 3.8) is 0 Å². The van der Waals surface area contributed by atoms with Crippen LogP contribution in [0.15, 0.2) is 12.1 Å². The van der Waals surface area contributed by atoms with Crippen LogP contribution in [0.1, 0.15) is 17.2 Å². The van der Waals surface area contributed by atoms with E-state index in [1.165, 1.54) is 0 Å². The zero-order valence-electron chi connectivity index (χ0n) is 10.4. The van der Waals surface area contributed by atoms with Crippen molar-refractivity contribution in [3.05, 3.63) is 23.3 Å². The van der Waals surface area contributed by atoms with Crippen LogP contribution in [0, 0.1) is 0 Å². The number of nitrogens with two attached hydrogens (primary N) is 1. The smallest absolute Gasteiger partial charge is 0.166 e. The van der Waals surface area contributed by atoms with Crippen molar-refractivity contribution < 1.29 is 19.3 Å². The summed E-state index contributed by atoms with van der Waals surface area (Å²) in [7, 11) is 4.72. The predicted octanol–water partition coefficient (Wildman–Crippen LogP) is 0.842. The lowest BCUT2D eigenvalue weighted by atomic mass is 10.00. The van der Waals surface area contributed by atoms with E-state index in [1.807, 2.05) is 6.07 Å². The van der Waals surface area contributed by atoms with Crippen LogP contribution in [-0.2, 0) is 11.3 Å². The minimum absolute atomic E-state index is 0.133. The van der Waals surface area contributed by atoms with Crippen molar-refractivity contribution in [1.82, 2.24) is 0 Å². The van der Waals surface area contributed by atoms with E-state index < -0.39 is 6.04 Å². The summed E-state index contributed by atoms with van der Waals surface area (Å²) in [5, 5.41) is 9.13. The van der Waals surface area contributed by atoms with Gasteiger partial charge in [0, 0.05) is 12.7 Å². The number of benzene rings is 1. The highest BCUT2D eigenvalue weighted by Crippen LogP contribution is 2.35. The van der Waals surface area contributed by atoms with Gasteiger partial charge < -0.3 is 25.1 Å². The second-order valence-electron chi connectivity index (χ2n) is 3.59. The molecule has 1 aromatic carbocycles. The summed E-state index contributed by atoms with van der Waals surface area (Å²) < 4.78 is 15.7. The molecule has 1 aromatic rings. The number of aliphatic hydroxyl groups is 1. The Balaban J connectivity index is 3.30. The molecule has 0 saturated carbocycles. The Morgan fingerprint density at radius 1 is 1.24 bits per heavy atom. The molecule has 5 nitrogen and oxygen atoms in total. The third-order valence-electron chi connectivity index (χ3n) is 2.57. The molecular weight excluding hydrogens is 222 g/mol. The fourth-order valence-corrected chi connectivity index (χ4v) is 1.75. The molecule has 0 bridgehead atoms. The van der Waals surface area contributed by atoms with Gasteiger partial charge in [-0.2, -0.15) is 0 Å². The Bertz CT molecular complexity index is 368. The average molecular weight is 241 g/mol. The molecular formula is C12H19NO4. The molecule has 5 heteroatoms. The van der Waals surface area contributed by atoms with Crippen LogP contribution >= 0.6 is 0 Å². The number of methoxy groups -OCH3 is 3. The van der Waals surface area contributed by atoms with Gasteiger partial charge in [0.25, 0.3) is 0 Å². The summed E-state index contributed by atoms with van der Waals surface area (Å²) in [5.41, 5.74) is 7.44. The first kappa shape index (κ1) is 13.8. The van der Waals surface area contributed by atoms with E-state index in [0.29, 0.717) is 18.1 Å². The maximum absolute atomic E-state index is 9.13. The lowest BCUT2D eigenvalue weighted by Gasteiger charge is -2.19. The van der Waals surface area contributed by atoms with Gasteiger partial charge in [-0.05, 0) is 11.6 Å². The lowest BCUT2D eigenvalue weighted by molar-refractivity contribution is 0.178. The molecule has 17 heavy (non-hydrogen) atoms. The summed E-state index contributed by atoms with van der Waals surface area (Å²) in [6, 6.07) is 3.12. The van der Waals surface area contributed by atoms with Gasteiger partial charge in [0.15, 0.2) is 11.5 Å². The minimum atomic E-state index is -0.458. The molecule has 0 spiro atoms. The highest BCUT2D eigenvalue weighted by atomic mass is 16.5. The van der Waals surface area contributed by atoms with Crippen LogP contribution in [0.5, 0.6) is 11.5 Å². The molecule has 1 unspecified atom stereocenters. The van der Waals surface area contributed by atoms with Gasteiger partial charge >= 0.3 is 0 Å². The molecule has 96 valence electrons. The van der Waals surface area contributed by atoms with Crippen LogP contribution in [0.2, 0.25) is 0 Å². The second-order valence-corrected chi connectivity index (χ2v) is 3.59. The van der Waals surface area contributed by atoms with Crippen LogP contribution < -0.4 is 15.2 Å². The first-order valence-corrected chi connectivity index (χ1v) is 5.28. The Morgan fingerprint density at radius 3 is 2.41 bits per heavy atom. The second kappa shape index (κ2) is 6.44. The fourth-order valence-electron chi connectivity index (χ4n) is 1.75. The van der Waals surface area contributed by atoms with Gasteiger partial charge in [0.1, 0.15) is 0 Å². The summed E-state index contributed by atoms with van der Waals surface area (Å²) in [6.07, 6.45) is 0. The van der Waals surface area contributed by atoms with Crippen molar-refractivity contribution in [1.29, 1.82) is 0 Å². The molecule has 0 radical (unpaired) electrons. The maximum Gasteiger partial charge on any atom is 0.166 e. The maximum atomic E-state index is 9.13. The molecule has 0 heterocycles. The minimum Gasteiger partial charge on any atom is -0.493 e. The summed E-state index contributed by atoms with van der Waals surface area (Å²) in [6.45, 7) is 0.218. The Kier molecular flexibility index (Phi) is 5.21. The lowest BCUT2D eigenvalue weighted by Crippen LogP contribution is -2.17. The van der Waals surface area contributed by atoms with Crippen molar-refractivity contribution in [2.45, 2.75) is 12.6 Å². The molecule has 0 saturated heterocycles. The number of hydrogen-bond acceptors (Lipinski definition) is 5. The third kappa shape index (κ3) is 2.88. The molecule has 0 amide bonds. The van der Waals surface area contributed by atoms with Crippen molar-refractivity contribution in [2.24, 2.45) is 5.73 Å². The number of aliphatic hydroxyl groups excluding tert-OH is 1. The Morgan fingerprint density at radius 2 is 1.94 bits per heavy atom. The summed E-state index contributed by atoms with van der Waals surface area (Å²) >= 11 is 0. The van der Waals surface area contributed by atoms with E-state index in [1.54, 1.807) is 27.4 Å². The molecule has 0 aliphatic rings. The van der Waals surface area contributed by atoms with Crippen LogP contribution in [0.3, 0.4) is 0 Å². The molecule has 1 rings (SSSR count). The first-order chi connectivity index (χ1) is 8.19. The van der Waals surface area contributed by atoms with E-state index in [-0.39, 0.29) is 6.61 Å². The molecule has 3 N–H and O–H groups in total. The van der Waals surface area contributed by atoms with Gasteiger partial charge in [0.2, 0.25) is 0 Å².